The molecule has 1 fully saturated rings. The third-order valence-electron chi connectivity index (χ3n) is 2.01. The molecule has 0 N–H and O–H groups in total. The van der Waals surface area contributed by atoms with Gasteiger partial charge >= 0.3 is 0 Å². The van der Waals surface area contributed by atoms with Gasteiger partial charge in [0.15, 0.2) is 0 Å². The maximum Gasteiger partial charge on any atom is 0.00574 e. The number of rotatable bonds is 1. The van der Waals surface area contributed by atoms with Crippen molar-refractivity contribution in [2.24, 2.45) is 11.8 Å². The van der Waals surface area contributed by atoms with Gasteiger partial charge in [-0.1, -0.05) is 20.8 Å². The molecule has 1 saturated heterocycles. The van der Waals surface area contributed by atoms with E-state index in [-0.39, 0.29) is 0 Å². The van der Waals surface area contributed by atoms with Crippen LogP contribution in [0.5, 0.6) is 0 Å². The molecule has 0 amide bonds. The molecule has 0 spiro atoms. The molecule has 0 aromatic heterocycles. The van der Waals surface area contributed by atoms with Crippen LogP contribution in [0.2, 0.25) is 0 Å². The molecule has 2 unspecified atom stereocenters. The van der Waals surface area contributed by atoms with E-state index in [1.807, 2.05) is 0 Å². The molecule has 0 aromatic rings. The summed E-state index contributed by atoms with van der Waals surface area (Å²) in [6.45, 7) is 6.97. The predicted molar refractivity (Wildman–Crippen MR) is 40.2 cm³/mol. The Kier molecular flexibility index (Phi) is 1.86. The van der Waals surface area contributed by atoms with Crippen molar-refractivity contribution in [3.63, 3.8) is 0 Å². The Morgan fingerprint density at radius 3 is 2.12 bits per heavy atom. The summed E-state index contributed by atoms with van der Waals surface area (Å²) in [6.07, 6.45) is 0. The highest BCUT2D eigenvalue weighted by Gasteiger charge is 2.29. The van der Waals surface area contributed by atoms with E-state index in [4.69, 9.17) is 0 Å². The molecule has 8 heavy (non-hydrogen) atoms. The van der Waals surface area contributed by atoms with Crippen LogP contribution in [0.4, 0.5) is 0 Å². The maximum absolute atomic E-state index is 2.33. The monoisotopic (exact) mass is 130 g/mol. The van der Waals surface area contributed by atoms with Gasteiger partial charge in [-0.05, 0) is 17.6 Å². The van der Waals surface area contributed by atoms with Gasteiger partial charge in [0.2, 0.25) is 0 Å². The van der Waals surface area contributed by atoms with Crippen molar-refractivity contribution in [2.75, 3.05) is 5.75 Å². The molecule has 0 nitrogen and oxygen atoms in total. The highest BCUT2D eigenvalue weighted by atomic mass is 32.2. The van der Waals surface area contributed by atoms with Crippen LogP contribution in [0.1, 0.15) is 20.8 Å². The first-order valence-corrected chi connectivity index (χ1v) is 4.38. The summed E-state index contributed by atoms with van der Waals surface area (Å²) in [7, 11) is 0. The van der Waals surface area contributed by atoms with Gasteiger partial charge in [-0.2, -0.15) is 11.8 Å². The van der Waals surface area contributed by atoms with E-state index in [0.717, 1.165) is 17.1 Å². The van der Waals surface area contributed by atoms with Crippen LogP contribution < -0.4 is 0 Å². The summed E-state index contributed by atoms with van der Waals surface area (Å²) in [5.41, 5.74) is 0. The molecular formula is C7H14S. The first kappa shape index (κ1) is 6.47. The third kappa shape index (κ3) is 1.02. The van der Waals surface area contributed by atoms with Gasteiger partial charge in [0, 0.05) is 5.25 Å². The summed E-state index contributed by atoms with van der Waals surface area (Å²) in [4.78, 5) is 0. The van der Waals surface area contributed by atoms with Crippen molar-refractivity contribution in [2.45, 2.75) is 26.0 Å². The highest BCUT2D eigenvalue weighted by molar-refractivity contribution is 8.01. The lowest BCUT2D eigenvalue weighted by Crippen LogP contribution is -2.31. The van der Waals surface area contributed by atoms with E-state index in [1.54, 1.807) is 0 Å². The van der Waals surface area contributed by atoms with Gasteiger partial charge in [0.1, 0.15) is 0 Å². The van der Waals surface area contributed by atoms with E-state index in [9.17, 15) is 0 Å². The smallest absolute Gasteiger partial charge is 0.00574 e. The molecule has 1 heterocycles. The summed E-state index contributed by atoms with van der Waals surface area (Å²) >= 11 is 2.10. The molecular weight excluding hydrogens is 116 g/mol. The molecule has 1 aliphatic heterocycles. The summed E-state index contributed by atoms with van der Waals surface area (Å²) in [5, 5.41) is 0.940. The topological polar surface area (TPSA) is 0 Å². The molecule has 2 atom stereocenters. The SMILES string of the molecule is CC(C)C1CSC1C. The first-order chi connectivity index (χ1) is 3.72. The first-order valence-electron chi connectivity index (χ1n) is 3.33. The normalized spacial score (nSPS) is 37.5. The Balaban J connectivity index is 2.26. The van der Waals surface area contributed by atoms with Crippen LogP contribution >= 0.6 is 11.8 Å². The zero-order valence-corrected chi connectivity index (χ0v) is 6.66. The lowest BCUT2D eigenvalue weighted by molar-refractivity contribution is 0.400. The minimum Gasteiger partial charge on any atom is -0.158 e. The Hall–Kier alpha value is 0.350. The fraction of sp³-hybridized carbons (Fsp3) is 1.00. The Morgan fingerprint density at radius 2 is 2.12 bits per heavy atom. The molecule has 1 aliphatic rings. The van der Waals surface area contributed by atoms with Gasteiger partial charge in [0.25, 0.3) is 0 Å². The summed E-state index contributed by atoms with van der Waals surface area (Å²) in [6, 6.07) is 0. The van der Waals surface area contributed by atoms with Crippen LogP contribution in [0.15, 0.2) is 0 Å². The lowest BCUT2D eigenvalue weighted by atomic mass is 9.94. The van der Waals surface area contributed by atoms with Gasteiger partial charge in [-0.25, -0.2) is 0 Å². The second-order valence-corrected chi connectivity index (χ2v) is 4.36. The van der Waals surface area contributed by atoms with Gasteiger partial charge in [-0.15, -0.1) is 0 Å². The van der Waals surface area contributed by atoms with Crippen LogP contribution in [0.25, 0.3) is 0 Å². The second kappa shape index (κ2) is 2.30. The molecule has 48 valence electrons. The largest absolute Gasteiger partial charge is 0.158 e. The van der Waals surface area contributed by atoms with Gasteiger partial charge in [0.05, 0.1) is 0 Å². The number of hydrogen-bond acceptors (Lipinski definition) is 1. The summed E-state index contributed by atoms with van der Waals surface area (Å²) < 4.78 is 0. The van der Waals surface area contributed by atoms with E-state index in [2.05, 4.69) is 32.5 Å². The van der Waals surface area contributed by atoms with Gasteiger partial charge < -0.3 is 0 Å². The fourth-order valence-corrected chi connectivity index (χ4v) is 2.63. The molecule has 0 aromatic carbocycles. The van der Waals surface area contributed by atoms with Crippen molar-refractivity contribution in [1.29, 1.82) is 0 Å². The minimum absolute atomic E-state index is 0.909. The Bertz CT molecular complexity index is 73.7. The number of thioether (sulfide) groups is 1. The summed E-state index contributed by atoms with van der Waals surface area (Å²) in [5.74, 6) is 3.32. The van der Waals surface area contributed by atoms with Crippen LogP contribution in [-0.4, -0.2) is 11.0 Å². The van der Waals surface area contributed by atoms with Crippen molar-refractivity contribution in [3.8, 4) is 0 Å². The van der Waals surface area contributed by atoms with Crippen molar-refractivity contribution in [3.05, 3.63) is 0 Å². The van der Waals surface area contributed by atoms with Gasteiger partial charge in [-0.3, -0.25) is 0 Å². The third-order valence-corrected chi connectivity index (χ3v) is 3.46. The van der Waals surface area contributed by atoms with Crippen LogP contribution in [-0.2, 0) is 0 Å². The van der Waals surface area contributed by atoms with Crippen molar-refractivity contribution >= 4 is 11.8 Å². The fourth-order valence-electron chi connectivity index (χ4n) is 1.13. The average Bonchev–Trinajstić information content (AvgIpc) is 1.61. The zero-order chi connectivity index (χ0) is 6.15. The maximum atomic E-state index is 2.33. The lowest BCUT2D eigenvalue weighted by Gasteiger charge is -2.36. The van der Waals surface area contributed by atoms with Crippen LogP contribution in [0.3, 0.4) is 0 Å². The quantitative estimate of drug-likeness (QED) is 0.525. The van der Waals surface area contributed by atoms with Crippen molar-refractivity contribution < 1.29 is 0 Å². The predicted octanol–water partition coefficient (Wildman–Crippen LogP) is 2.39. The van der Waals surface area contributed by atoms with E-state index in [1.165, 1.54) is 5.75 Å². The molecule has 0 aliphatic carbocycles. The van der Waals surface area contributed by atoms with E-state index in [0.29, 0.717) is 0 Å². The standard InChI is InChI=1S/C7H14S/c1-5(2)7-4-8-6(7)3/h5-7H,4H2,1-3H3. The minimum atomic E-state index is 0.909. The molecule has 0 saturated carbocycles. The molecule has 1 rings (SSSR count). The molecule has 0 radical (unpaired) electrons. The highest BCUT2D eigenvalue weighted by Crippen LogP contribution is 2.38. The van der Waals surface area contributed by atoms with E-state index < -0.39 is 0 Å². The second-order valence-electron chi connectivity index (χ2n) is 2.95. The zero-order valence-electron chi connectivity index (χ0n) is 5.85. The number of hydrogen-bond donors (Lipinski definition) is 0. The van der Waals surface area contributed by atoms with Crippen molar-refractivity contribution in [1.82, 2.24) is 0 Å². The Labute approximate surface area is 56.0 Å². The van der Waals surface area contributed by atoms with E-state index >= 15 is 0 Å². The Morgan fingerprint density at radius 1 is 1.50 bits per heavy atom. The molecule has 1 heteroatoms. The average molecular weight is 130 g/mol. The molecule has 0 bridgehead atoms. The van der Waals surface area contributed by atoms with Crippen LogP contribution in [0, 0.1) is 11.8 Å².